The Morgan fingerprint density at radius 3 is 2.50 bits per heavy atom. The van der Waals surface area contributed by atoms with Crippen LogP contribution >= 0.6 is 11.6 Å². The zero-order valence-corrected chi connectivity index (χ0v) is 15.2. The molecule has 0 spiro atoms. The fourth-order valence-electron chi connectivity index (χ4n) is 2.11. The zero-order valence-electron chi connectivity index (χ0n) is 14.4. The van der Waals surface area contributed by atoms with Gasteiger partial charge < -0.3 is 15.4 Å². The maximum Gasteiger partial charge on any atom is 0.328 e. The van der Waals surface area contributed by atoms with Gasteiger partial charge in [0.25, 0.3) is 11.8 Å². The molecule has 0 fully saturated rings. The molecule has 0 unspecified atom stereocenters. The van der Waals surface area contributed by atoms with Crippen molar-refractivity contribution in [1.29, 1.82) is 0 Å². The van der Waals surface area contributed by atoms with Crippen molar-refractivity contribution in [2.45, 2.75) is 19.9 Å². The van der Waals surface area contributed by atoms with Gasteiger partial charge in [-0.05, 0) is 43.7 Å². The molecular formula is C19H19ClN2O4. The van der Waals surface area contributed by atoms with Crippen LogP contribution in [0.15, 0.2) is 48.5 Å². The lowest BCUT2D eigenvalue weighted by Gasteiger charge is -2.14. The van der Waals surface area contributed by atoms with Gasteiger partial charge in [-0.2, -0.15) is 0 Å². The summed E-state index contributed by atoms with van der Waals surface area (Å²) in [5.41, 5.74) is 1.81. The van der Waals surface area contributed by atoms with Gasteiger partial charge in [0.05, 0.1) is 0 Å². The van der Waals surface area contributed by atoms with Crippen LogP contribution in [0.3, 0.4) is 0 Å². The fourth-order valence-corrected chi connectivity index (χ4v) is 2.28. The van der Waals surface area contributed by atoms with Crippen molar-refractivity contribution < 1.29 is 19.1 Å². The summed E-state index contributed by atoms with van der Waals surface area (Å²) in [6.07, 6.45) is 0. The molecule has 2 N–H and O–H groups in total. The summed E-state index contributed by atoms with van der Waals surface area (Å²) in [5.74, 6) is -1.59. The van der Waals surface area contributed by atoms with Gasteiger partial charge in [-0.3, -0.25) is 9.59 Å². The maximum absolute atomic E-state index is 12.0. The van der Waals surface area contributed by atoms with E-state index < -0.39 is 30.4 Å². The molecule has 2 rings (SSSR count). The molecule has 0 aliphatic heterocycles. The summed E-state index contributed by atoms with van der Waals surface area (Å²) < 4.78 is 4.95. The highest BCUT2D eigenvalue weighted by atomic mass is 35.5. The van der Waals surface area contributed by atoms with Crippen LogP contribution in [0.4, 0.5) is 5.69 Å². The van der Waals surface area contributed by atoms with E-state index in [4.69, 9.17) is 16.3 Å². The molecule has 0 heterocycles. The lowest BCUT2D eigenvalue weighted by Crippen LogP contribution is -2.40. The largest absolute Gasteiger partial charge is 0.454 e. The number of anilines is 1. The van der Waals surface area contributed by atoms with Crippen LogP contribution < -0.4 is 10.6 Å². The van der Waals surface area contributed by atoms with Gasteiger partial charge in [0.15, 0.2) is 6.61 Å². The molecule has 0 aromatic heterocycles. The van der Waals surface area contributed by atoms with E-state index in [0.717, 1.165) is 5.56 Å². The second kappa shape index (κ2) is 9.01. The number of nitrogens with one attached hydrogen (secondary N) is 2. The summed E-state index contributed by atoms with van der Waals surface area (Å²) in [6, 6.07) is 12.7. The fraction of sp³-hybridized carbons (Fsp3) is 0.211. The Morgan fingerprint density at radius 2 is 1.81 bits per heavy atom. The van der Waals surface area contributed by atoms with Crippen molar-refractivity contribution in [3.63, 3.8) is 0 Å². The lowest BCUT2D eigenvalue weighted by molar-refractivity contribution is -0.148. The van der Waals surface area contributed by atoms with Crippen molar-refractivity contribution in [3.8, 4) is 0 Å². The van der Waals surface area contributed by atoms with E-state index in [1.165, 1.54) is 6.92 Å². The average molecular weight is 375 g/mol. The summed E-state index contributed by atoms with van der Waals surface area (Å²) >= 11 is 5.89. The predicted octanol–water partition coefficient (Wildman–Crippen LogP) is 2.95. The summed E-state index contributed by atoms with van der Waals surface area (Å²) in [6.45, 7) is 2.84. The van der Waals surface area contributed by atoms with Crippen LogP contribution in [0.2, 0.25) is 5.02 Å². The van der Waals surface area contributed by atoms with E-state index in [-0.39, 0.29) is 0 Å². The van der Waals surface area contributed by atoms with Gasteiger partial charge >= 0.3 is 5.97 Å². The number of carbonyl (C=O) groups excluding carboxylic acids is 3. The Bertz CT molecular complexity index is 808. The van der Waals surface area contributed by atoms with E-state index in [0.29, 0.717) is 16.3 Å². The number of rotatable bonds is 6. The minimum absolute atomic E-state index is 0.394. The molecule has 7 heteroatoms. The summed E-state index contributed by atoms with van der Waals surface area (Å²) in [5, 5.41) is 5.63. The smallest absolute Gasteiger partial charge is 0.328 e. The minimum Gasteiger partial charge on any atom is -0.454 e. The number of ether oxygens (including phenoxy) is 1. The first kappa shape index (κ1) is 19.5. The van der Waals surface area contributed by atoms with Gasteiger partial charge in [-0.1, -0.05) is 35.9 Å². The van der Waals surface area contributed by atoms with Crippen LogP contribution in [-0.2, 0) is 14.3 Å². The first-order valence-electron chi connectivity index (χ1n) is 7.95. The van der Waals surface area contributed by atoms with E-state index in [1.54, 1.807) is 48.5 Å². The van der Waals surface area contributed by atoms with Crippen LogP contribution in [0, 0.1) is 6.92 Å². The third-order valence-corrected chi connectivity index (χ3v) is 3.79. The second-order valence-electron chi connectivity index (χ2n) is 5.68. The Labute approximate surface area is 156 Å². The maximum atomic E-state index is 12.0. The third kappa shape index (κ3) is 5.60. The molecule has 0 saturated carbocycles. The van der Waals surface area contributed by atoms with Crippen molar-refractivity contribution in [2.24, 2.45) is 0 Å². The number of hydrogen-bond acceptors (Lipinski definition) is 4. The predicted molar refractivity (Wildman–Crippen MR) is 99.1 cm³/mol. The Morgan fingerprint density at radius 1 is 1.12 bits per heavy atom. The number of hydrogen-bond donors (Lipinski definition) is 2. The van der Waals surface area contributed by atoms with E-state index in [2.05, 4.69) is 10.6 Å². The molecule has 0 radical (unpaired) electrons. The highest BCUT2D eigenvalue weighted by Gasteiger charge is 2.19. The van der Waals surface area contributed by atoms with Crippen LogP contribution in [0.1, 0.15) is 22.8 Å². The molecule has 0 aliphatic carbocycles. The topological polar surface area (TPSA) is 84.5 Å². The first-order valence-corrected chi connectivity index (χ1v) is 8.33. The standard InChI is InChI=1S/C19H19ClN2O4/c1-12-8-9-15(20)10-16(12)22-17(23)11-26-19(25)13(2)21-18(24)14-6-4-3-5-7-14/h3-10,13H,11H2,1-2H3,(H,21,24)(H,22,23)/t13-/m0/s1. The quantitative estimate of drug-likeness (QED) is 0.761. The number of aryl methyl sites for hydroxylation is 1. The molecule has 1 atom stereocenters. The molecule has 2 aromatic rings. The Hall–Kier alpha value is -2.86. The molecular weight excluding hydrogens is 356 g/mol. The zero-order chi connectivity index (χ0) is 19.1. The summed E-state index contributed by atoms with van der Waals surface area (Å²) in [4.78, 5) is 35.9. The molecule has 0 saturated heterocycles. The number of benzene rings is 2. The van der Waals surface area contributed by atoms with Crippen LogP contribution in [0.5, 0.6) is 0 Å². The summed E-state index contributed by atoms with van der Waals surface area (Å²) in [7, 11) is 0. The molecule has 2 amide bonds. The number of amides is 2. The van der Waals surface area contributed by atoms with E-state index >= 15 is 0 Å². The number of esters is 1. The molecule has 136 valence electrons. The minimum atomic E-state index is -0.886. The van der Waals surface area contributed by atoms with Crippen LogP contribution in [-0.4, -0.2) is 30.4 Å². The van der Waals surface area contributed by atoms with Crippen molar-refractivity contribution in [1.82, 2.24) is 5.32 Å². The highest BCUT2D eigenvalue weighted by Crippen LogP contribution is 2.19. The van der Waals surface area contributed by atoms with Gasteiger partial charge in [0.2, 0.25) is 0 Å². The van der Waals surface area contributed by atoms with Gasteiger partial charge in [-0.15, -0.1) is 0 Å². The van der Waals surface area contributed by atoms with E-state index in [1.807, 2.05) is 6.92 Å². The second-order valence-corrected chi connectivity index (χ2v) is 6.11. The number of carbonyl (C=O) groups is 3. The van der Waals surface area contributed by atoms with Crippen molar-refractivity contribution >= 4 is 35.1 Å². The first-order chi connectivity index (χ1) is 12.4. The number of halogens is 1. The molecule has 0 aliphatic rings. The van der Waals surface area contributed by atoms with Crippen LogP contribution in [0.25, 0.3) is 0 Å². The van der Waals surface area contributed by atoms with Gasteiger partial charge in [0, 0.05) is 16.3 Å². The normalized spacial score (nSPS) is 11.3. The third-order valence-electron chi connectivity index (χ3n) is 3.56. The SMILES string of the molecule is Cc1ccc(Cl)cc1NC(=O)COC(=O)[C@H](C)NC(=O)c1ccccc1. The Balaban J connectivity index is 1.82. The van der Waals surface area contributed by atoms with Crippen molar-refractivity contribution in [3.05, 3.63) is 64.7 Å². The van der Waals surface area contributed by atoms with E-state index in [9.17, 15) is 14.4 Å². The molecule has 2 aromatic carbocycles. The highest BCUT2D eigenvalue weighted by molar-refractivity contribution is 6.31. The molecule has 0 bridgehead atoms. The van der Waals surface area contributed by atoms with Gasteiger partial charge in [-0.25, -0.2) is 4.79 Å². The van der Waals surface area contributed by atoms with Gasteiger partial charge in [0.1, 0.15) is 6.04 Å². The molecule has 6 nitrogen and oxygen atoms in total. The van der Waals surface area contributed by atoms with Crippen molar-refractivity contribution in [2.75, 3.05) is 11.9 Å². The lowest BCUT2D eigenvalue weighted by atomic mass is 10.2. The monoisotopic (exact) mass is 374 g/mol. The average Bonchev–Trinajstić information content (AvgIpc) is 2.63. The Kier molecular flexibility index (Phi) is 6.74. The molecule has 26 heavy (non-hydrogen) atoms.